The van der Waals surface area contributed by atoms with Crippen LogP contribution in [0.25, 0.3) is 0 Å². The molecule has 1 saturated heterocycles. The first-order valence-corrected chi connectivity index (χ1v) is 6.91. The third kappa shape index (κ3) is 3.14. The van der Waals surface area contributed by atoms with Gasteiger partial charge in [0.25, 0.3) is 0 Å². The van der Waals surface area contributed by atoms with Crippen LogP contribution in [0.15, 0.2) is 30.3 Å². The lowest BCUT2D eigenvalue weighted by atomic mass is 9.73. The lowest BCUT2D eigenvalue weighted by Crippen LogP contribution is -2.48. The molecule has 0 unspecified atom stereocenters. The van der Waals surface area contributed by atoms with Gasteiger partial charge >= 0.3 is 0 Å². The molecule has 0 bridgehead atoms. The Morgan fingerprint density at radius 1 is 1.26 bits per heavy atom. The highest BCUT2D eigenvalue weighted by Crippen LogP contribution is 2.35. The predicted octanol–water partition coefficient (Wildman–Crippen LogP) is 1.20. The van der Waals surface area contributed by atoms with Crippen molar-refractivity contribution in [1.29, 1.82) is 0 Å². The van der Waals surface area contributed by atoms with Crippen LogP contribution in [0, 0.1) is 0 Å². The van der Waals surface area contributed by atoms with Crippen molar-refractivity contribution >= 4 is 5.91 Å². The maximum atomic E-state index is 12.6. The lowest BCUT2D eigenvalue weighted by Gasteiger charge is -2.36. The summed E-state index contributed by atoms with van der Waals surface area (Å²) in [5.41, 5.74) is 6.12. The second-order valence-electron chi connectivity index (χ2n) is 4.96. The Balaban J connectivity index is 2.17. The standard InChI is InChI=1S/C15H22N2O2/c16-9-4-10-17-14(18)15(7-11-19-12-8-15)13-5-2-1-3-6-13/h1-3,5-6H,4,7-12,16H2,(H,17,18). The topological polar surface area (TPSA) is 64.3 Å². The highest BCUT2D eigenvalue weighted by atomic mass is 16.5. The zero-order valence-corrected chi connectivity index (χ0v) is 11.2. The number of benzene rings is 1. The Labute approximate surface area is 114 Å². The third-order valence-corrected chi connectivity index (χ3v) is 3.77. The minimum atomic E-state index is -0.436. The highest BCUT2D eigenvalue weighted by Gasteiger charge is 2.41. The SMILES string of the molecule is NCCCNC(=O)C1(c2ccccc2)CCOCC1. The van der Waals surface area contributed by atoms with Crippen LogP contribution in [0.1, 0.15) is 24.8 Å². The van der Waals surface area contributed by atoms with Crippen molar-refractivity contribution < 1.29 is 9.53 Å². The van der Waals surface area contributed by atoms with E-state index in [1.165, 1.54) is 0 Å². The summed E-state index contributed by atoms with van der Waals surface area (Å²) < 4.78 is 5.42. The van der Waals surface area contributed by atoms with Crippen molar-refractivity contribution in [3.63, 3.8) is 0 Å². The van der Waals surface area contributed by atoms with Crippen molar-refractivity contribution in [2.24, 2.45) is 5.73 Å². The van der Waals surface area contributed by atoms with Crippen LogP contribution >= 0.6 is 0 Å². The van der Waals surface area contributed by atoms with Gasteiger partial charge in [-0.2, -0.15) is 0 Å². The van der Waals surface area contributed by atoms with Gasteiger partial charge in [-0.3, -0.25) is 4.79 Å². The molecule has 0 aromatic heterocycles. The maximum Gasteiger partial charge on any atom is 0.230 e. The molecular formula is C15H22N2O2. The number of carbonyl (C=O) groups is 1. The Morgan fingerprint density at radius 2 is 1.95 bits per heavy atom. The van der Waals surface area contributed by atoms with E-state index in [2.05, 4.69) is 5.32 Å². The molecule has 4 nitrogen and oxygen atoms in total. The Morgan fingerprint density at radius 3 is 2.58 bits per heavy atom. The van der Waals surface area contributed by atoms with Gasteiger partial charge in [0.15, 0.2) is 0 Å². The van der Waals surface area contributed by atoms with E-state index >= 15 is 0 Å². The summed E-state index contributed by atoms with van der Waals surface area (Å²) >= 11 is 0. The van der Waals surface area contributed by atoms with Crippen molar-refractivity contribution in [2.75, 3.05) is 26.3 Å². The normalized spacial score (nSPS) is 17.9. The predicted molar refractivity (Wildman–Crippen MR) is 74.9 cm³/mol. The van der Waals surface area contributed by atoms with Gasteiger partial charge < -0.3 is 15.8 Å². The molecule has 0 saturated carbocycles. The minimum Gasteiger partial charge on any atom is -0.381 e. The summed E-state index contributed by atoms with van der Waals surface area (Å²) in [6.07, 6.45) is 2.30. The largest absolute Gasteiger partial charge is 0.381 e. The molecule has 3 N–H and O–H groups in total. The van der Waals surface area contributed by atoms with Crippen LogP contribution in [0.2, 0.25) is 0 Å². The fourth-order valence-electron chi connectivity index (χ4n) is 2.60. The molecule has 2 rings (SSSR count). The van der Waals surface area contributed by atoms with Crippen molar-refractivity contribution in [2.45, 2.75) is 24.7 Å². The minimum absolute atomic E-state index is 0.107. The van der Waals surface area contributed by atoms with Gasteiger partial charge in [0.2, 0.25) is 5.91 Å². The molecule has 1 aliphatic heterocycles. The monoisotopic (exact) mass is 262 g/mol. The van der Waals surface area contributed by atoms with Gasteiger partial charge in [0.1, 0.15) is 0 Å². The molecule has 1 aromatic rings. The fraction of sp³-hybridized carbons (Fsp3) is 0.533. The number of hydrogen-bond donors (Lipinski definition) is 2. The number of nitrogens with two attached hydrogens (primary N) is 1. The third-order valence-electron chi connectivity index (χ3n) is 3.77. The summed E-state index contributed by atoms with van der Waals surface area (Å²) in [4.78, 5) is 12.6. The van der Waals surface area contributed by atoms with E-state index in [9.17, 15) is 4.79 Å². The van der Waals surface area contributed by atoms with Crippen LogP contribution in [-0.2, 0) is 14.9 Å². The first-order valence-electron chi connectivity index (χ1n) is 6.91. The first kappa shape index (κ1) is 14.0. The second-order valence-corrected chi connectivity index (χ2v) is 4.96. The maximum absolute atomic E-state index is 12.6. The van der Waals surface area contributed by atoms with E-state index < -0.39 is 5.41 Å². The number of rotatable bonds is 5. The van der Waals surface area contributed by atoms with Crippen molar-refractivity contribution in [3.05, 3.63) is 35.9 Å². The van der Waals surface area contributed by atoms with E-state index in [4.69, 9.17) is 10.5 Å². The van der Waals surface area contributed by atoms with E-state index in [-0.39, 0.29) is 5.91 Å². The first-order chi connectivity index (χ1) is 9.29. The second kappa shape index (κ2) is 6.68. The zero-order chi connectivity index (χ0) is 13.6. The Hall–Kier alpha value is -1.39. The summed E-state index contributed by atoms with van der Waals surface area (Å²) in [6, 6.07) is 10.0. The summed E-state index contributed by atoms with van der Waals surface area (Å²) in [7, 11) is 0. The Kier molecular flexibility index (Phi) is 4.93. The van der Waals surface area contributed by atoms with Crippen molar-refractivity contribution in [1.82, 2.24) is 5.32 Å². The molecule has 4 heteroatoms. The fourth-order valence-corrected chi connectivity index (χ4v) is 2.60. The molecule has 1 fully saturated rings. The highest BCUT2D eigenvalue weighted by molar-refractivity contribution is 5.88. The van der Waals surface area contributed by atoms with Crippen LogP contribution in [-0.4, -0.2) is 32.2 Å². The number of carbonyl (C=O) groups excluding carboxylic acids is 1. The molecule has 1 heterocycles. The van der Waals surface area contributed by atoms with Gasteiger partial charge in [-0.15, -0.1) is 0 Å². The van der Waals surface area contributed by atoms with Gasteiger partial charge in [-0.05, 0) is 31.4 Å². The Bertz CT molecular complexity index is 400. The molecule has 1 amide bonds. The van der Waals surface area contributed by atoms with Gasteiger partial charge in [-0.1, -0.05) is 30.3 Å². The summed E-state index contributed by atoms with van der Waals surface area (Å²) in [5.74, 6) is 0.107. The molecule has 1 aliphatic rings. The van der Waals surface area contributed by atoms with Crippen LogP contribution in [0.5, 0.6) is 0 Å². The van der Waals surface area contributed by atoms with Gasteiger partial charge in [0.05, 0.1) is 5.41 Å². The van der Waals surface area contributed by atoms with E-state index in [1.54, 1.807) is 0 Å². The zero-order valence-electron chi connectivity index (χ0n) is 11.2. The molecule has 0 aliphatic carbocycles. The number of amides is 1. The number of hydrogen-bond acceptors (Lipinski definition) is 3. The molecule has 1 aromatic carbocycles. The van der Waals surface area contributed by atoms with E-state index in [0.29, 0.717) is 26.3 Å². The van der Waals surface area contributed by atoms with Crippen LogP contribution in [0.4, 0.5) is 0 Å². The number of nitrogens with one attached hydrogen (secondary N) is 1. The summed E-state index contributed by atoms with van der Waals surface area (Å²) in [6.45, 7) is 2.52. The summed E-state index contributed by atoms with van der Waals surface area (Å²) in [5, 5.41) is 3.02. The molecule has 0 spiro atoms. The molecular weight excluding hydrogens is 240 g/mol. The average Bonchev–Trinajstić information content (AvgIpc) is 2.49. The molecule has 0 atom stereocenters. The molecule has 0 radical (unpaired) electrons. The molecule has 19 heavy (non-hydrogen) atoms. The van der Waals surface area contributed by atoms with Crippen LogP contribution in [0.3, 0.4) is 0 Å². The van der Waals surface area contributed by atoms with E-state index in [0.717, 1.165) is 24.8 Å². The average molecular weight is 262 g/mol. The van der Waals surface area contributed by atoms with Gasteiger partial charge in [0, 0.05) is 19.8 Å². The van der Waals surface area contributed by atoms with Gasteiger partial charge in [-0.25, -0.2) is 0 Å². The lowest BCUT2D eigenvalue weighted by molar-refractivity contribution is -0.130. The molecule has 104 valence electrons. The quantitative estimate of drug-likeness (QED) is 0.784. The van der Waals surface area contributed by atoms with Crippen LogP contribution < -0.4 is 11.1 Å². The van der Waals surface area contributed by atoms with Crippen molar-refractivity contribution in [3.8, 4) is 0 Å². The number of ether oxygens (including phenoxy) is 1. The van der Waals surface area contributed by atoms with E-state index in [1.807, 2.05) is 30.3 Å². The smallest absolute Gasteiger partial charge is 0.230 e.